The van der Waals surface area contributed by atoms with Crippen LogP contribution in [0.5, 0.6) is 0 Å². The summed E-state index contributed by atoms with van der Waals surface area (Å²) in [7, 11) is 1.47. The van der Waals surface area contributed by atoms with E-state index in [1.165, 1.54) is 17.7 Å². The third-order valence-electron chi connectivity index (χ3n) is 6.66. The van der Waals surface area contributed by atoms with Crippen LogP contribution >= 0.6 is 0 Å². The van der Waals surface area contributed by atoms with Gasteiger partial charge in [-0.1, -0.05) is 35.5 Å². The summed E-state index contributed by atoms with van der Waals surface area (Å²) in [6.07, 6.45) is 1.23. The van der Waals surface area contributed by atoms with Gasteiger partial charge in [0.05, 0.1) is 29.4 Å². The third kappa shape index (κ3) is 4.27. The van der Waals surface area contributed by atoms with E-state index in [2.05, 4.69) is 10.1 Å². The average Bonchev–Trinajstić information content (AvgIpc) is 2.87. The van der Waals surface area contributed by atoms with E-state index in [9.17, 15) is 20.2 Å². The van der Waals surface area contributed by atoms with Crippen molar-refractivity contribution in [3.63, 3.8) is 0 Å². The summed E-state index contributed by atoms with van der Waals surface area (Å²) in [4.78, 5) is 36.2. The van der Waals surface area contributed by atoms with Crippen molar-refractivity contribution in [2.75, 3.05) is 31.2 Å². The van der Waals surface area contributed by atoms with Crippen molar-refractivity contribution in [1.29, 1.82) is 5.26 Å². The monoisotopic (exact) mass is 488 g/mol. The lowest BCUT2D eigenvalue weighted by Gasteiger charge is -2.34. The summed E-state index contributed by atoms with van der Waals surface area (Å²) < 4.78 is 6.38. The molecule has 0 spiro atoms. The lowest BCUT2D eigenvalue weighted by Crippen LogP contribution is -2.39. The van der Waals surface area contributed by atoms with Crippen LogP contribution in [-0.4, -0.2) is 52.6 Å². The van der Waals surface area contributed by atoms with Crippen LogP contribution in [-0.2, 0) is 16.6 Å². The Morgan fingerprint density at radius 1 is 1.22 bits per heavy atom. The molecular formula is C25H24N6O5. The Labute approximate surface area is 206 Å². The Kier molecular flexibility index (Phi) is 6.35. The molecule has 11 nitrogen and oxygen atoms in total. The predicted molar refractivity (Wildman–Crippen MR) is 132 cm³/mol. The van der Waals surface area contributed by atoms with Crippen molar-refractivity contribution >= 4 is 28.1 Å². The number of oxime groups is 1. The smallest absolute Gasteiger partial charge is 0.359 e. The third-order valence-corrected chi connectivity index (χ3v) is 6.66. The maximum Gasteiger partial charge on any atom is 0.359 e. The van der Waals surface area contributed by atoms with Crippen molar-refractivity contribution in [2.45, 2.75) is 18.9 Å². The molecule has 0 N–H and O–H groups in total. The SMILES string of the molecule is Cn1c(=O)c([N+](=O)[O-])c(N2CCC(/C(=N/OC3COC3)c3ccccc3)CC2)c2nc(C#N)ccc21. The zero-order valence-corrected chi connectivity index (χ0v) is 19.7. The van der Waals surface area contributed by atoms with E-state index in [0.717, 1.165) is 11.3 Å². The molecule has 4 heterocycles. The average molecular weight is 489 g/mol. The maximum absolute atomic E-state index is 12.9. The Hall–Kier alpha value is -4.30. The number of hydrogen-bond donors (Lipinski definition) is 0. The number of fused-ring (bicyclic) bond motifs is 1. The van der Waals surface area contributed by atoms with Crippen molar-refractivity contribution in [2.24, 2.45) is 18.1 Å². The second kappa shape index (κ2) is 9.75. The van der Waals surface area contributed by atoms with E-state index in [0.29, 0.717) is 44.7 Å². The van der Waals surface area contributed by atoms with Gasteiger partial charge in [0.1, 0.15) is 23.0 Å². The van der Waals surface area contributed by atoms with Crippen LogP contribution in [0.4, 0.5) is 11.4 Å². The molecule has 36 heavy (non-hydrogen) atoms. The number of anilines is 1. The number of aromatic nitrogens is 2. The number of hydrogen-bond acceptors (Lipinski definition) is 9. The van der Waals surface area contributed by atoms with Crippen LogP contribution < -0.4 is 10.5 Å². The highest BCUT2D eigenvalue weighted by Crippen LogP contribution is 2.35. The molecule has 11 heteroatoms. The Morgan fingerprint density at radius 2 is 1.94 bits per heavy atom. The summed E-state index contributed by atoms with van der Waals surface area (Å²) >= 11 is 0. The molecular weight excluding hydrogens is 464 g/mol. The zero-order chi connectivity index (χ0) is 25.2. The number of aryl methyl sites for hydroxylation is 1. The van der Waals surface area contributed by atoms with E-state index in [4.69, 9.17) is 9.57 Å². The molecule has 2 fully saturated rings. The number of nitro groups is 1. The van der Waals surface area contributed by atoms with Crippen LogP contribution in [0, 0.1) is 27.4 Å². The lowest BCUT2D eigenvalue weighted by molar-refractivity contribution is -0.385. The molecule has 3 aromatic rings. The standard InChI is InChI=1S/C25H24N6O5/c1-29-20-8-7-18(13-26)27-22(20)23(24(25(29)32)31(33)34)30-11-9-17(10-12-30)21(16-5-3-2-4-6-16)28-36-19-14-35-15-19/h2-8,17,19H,9-12,14-15H2,1H3/b28-21+. The van der Waals surface area contributed by atoms with E-state index >= 15 is 0 Å². The number of nitriles is 1. The highest BCUT2D eigenvalue weighted by Gasteiger charge is 2.34. The van der Waals surface area contributed by atoms with Gasteiger partial charge in [0, 0.05) is 26.1 Å². The number of nitrogens with zero attached hydrogens (tertiary/aromatic N) is 6. The van der Waals surface area contributed by atoms with Crippen LogP contribution in [0.2, 0.25) is 0 Å². The number of ether oxygens (including phenoxy) is 1. The summed E-state index contributed by atoms with van der Waals surface area (Å²) in [6.45, 7) is 1.93. The Bertz CT molecular complexity index is 1430. The number of rotatable bonds is 6. The number of benzene rings is 1. The molecule has 0 bridgehead atoms. The molecule has 0 amide bonds. The van der Waals surface area contributed by atoms with Crippen molar-refractivity contribution < 1.29 is 14.5 Å². The van der Waals surface area contributed by atoms with E-state index in [-0.39, 0.29) is 28.9 Å². The lowest BCUT2D eigenvalue weighted by atomic mass is 9.88. The first-order chi connectivity index (χ1) is 17.5. The quantitative estimate of drug-likeness (QED) is 0.294. The molecule has 2 aromatic heterocycles. The minimum absolute atomic E-state index is 0.0567. The van der Waals surface area contributed by atoms with Crippen LogP contribution in [0.3, 0.4) is 0 Å². The van der Waals surface area contributed by atoms with Gasteiger partial charge in [-0.15, -0.1) is 0 Å². The van der Waals surface area contributed by atoms with E-state index in [1.54, 1.807) is 6.07 Å². The van der Waals surface area contributed by atoms with Gasteiger partial charge in [0.25, 0.3) is 0 Å². The molecule has 2 aliphatic heterocycles. The maximum atomic E-state index is 12.9. The van der Waals surface area contributed by atoms with Crippen molar-refractivity contribution in [3.05, 3.63) is 74.2 Å². The molecule has 0 aliphatic carbocycles. The van der Waals surface area contributed by atoms with Gasteiger partial charge >= 0.3 is 11.2 Å². The second-order valence-corrected chi connectivity index (χ2v) is 8.86. The van der Waals surface area contributed by atoms with Gasteiger partial charge in [-0.05, 0) is 30.5 Å². The first kappa shape index (κ1) is 23.4. The second-order valence-electron chi connectivity index (χ2n) is 8.86. The molecule has 0 atom stereocenters. The fourth-order valence-corrected chi connectivity index (χ4v) is 4.66. The van der Waals surface area contributed by atoms with Crippen LogP contribution in [0.1, 0.15) is 24.1 Å². The van der Waals surface area contributed by atoms with E-state index < -0.39 is 16.2 Å². The topological polar surface area (TPSA) is 136 Å². The van der Waals surface area contributed by atoms with E-state index in [1.807, 2.05) is 41.3 Å². The summed E-state index contributed by atoms with van der Waals surface area (Å²) in [5, 5.41) is 25.8. The van der Waals surface area contributed by atoms with Gasteiger partial charge in [0.15, 0.2) is 6.10 Å². The first-order valence-electron chi connectivity index (χ1n) is 11.7. The van der Waals surface area contributed by atoms with Crippen molar-refractivity contribution in [1.82, 2.24) is 9.55 Å². The van der Waals surface area contributed by atoms with Crippen LogP contribution in [0.15, 0.2) is 52.4 Å². The number of piperidine rings is 1. The number of pyridine rings is 2. The summed E-state index contributed by atoms with van der Waals surface area (Å²) in [6, 6.07) is 14.9. The summed E-state index contributed by atoms with van der Waals surface area (Å²) in [5.74, 6) is 0.0594. The normalized spacial score (nSPS) is 17.0. The highest BCUT2D eigenvalue weighted by molar-refractivity contribution is 6.02. The zero-order valence-electron chi connectivity index (χ0n) is 19.7. The molecule has 0 radical (unpaired) electrons. The molecule has 0 unspecified atom stereocenters. The van der Waals surface area contributed by atoms with Gasteiger partial charge < -0.3 is 19.0 Å². The van der Waals surface area contributed by atoms with Gasteiger partial charge in [-0.3, -0.25) is 14.9 Å². The van der Waals surface area contributed by atoms with Gasteiger partial charge in [-0.2, -0.15) is 5.26 Å². The van der Waals surface area contributed by atoms with Crippen molar-refractivity contribution in [3.8, 4) is 6.07 Å². The Balaban J connectivity index is 1.49. The predicted octanol–water partition coefficient (Wildman–Crippen LogP) is 2.75. The molecule has 1 aromatic carbocycles. The molecule has 2 saturated heterocycles. The van der Waals surface area contributed by atoms with Gasteiger partial charge in [-0.25, -0.2) is 4.98 Å². The minimum atomic E-state index is -0.709. The molecule has 5 rings (SSSR count). The fourth-order valence-electron chi connectivity index (χ4n) is 4.66. The molecule has 184 valence electrons. The van der Waals surface area contributed by atoms with Gasteiger partial charge in [0.2, 0.25) is 0 Å². The fraction of sp³-hybridized carbons (Fsp3) is 0.360. The Morgan fingerprint density at radius 3 is 2.56 bits per heavy atom. The first-order valence-corrected chi connectivity index (χ1v) is 11.7. The minimum Gasteiger partial charge on any atom is -0.387 e. The highest BCUT2D eigenvalue weighted by atomic mass is 16.7. The molecule has 2 aliphatic rings. The largest absolute Gasteiger partial charge is 0.387 e. The summed E-state index contributed by atoms with van der Waals surface area (Å²) in [5.41, 5.74) is 1.54. The molecule has 0 saturated carbocycles. The van der Waals surface area contributed by atoms with Crippen LogP contribution in [0.25, 0.3) is 11.0 Å².